The summed E-state index contributed by atoms with van der Waals surface area (Å²) in [5.41, 5.74) is 9.44. The molecule has 3 aromatic rings. The number of hydrogen-bond donors (Lipinski definition) is 2. The number of fused-ring (bicyclic) bond motifs is 1. The van der Waals surface area contributed by atoms with Crippen LogP contribution in [0.3, 0.4) is 0 Å². The summed E-state index contributed by atoms with van der Waals surface area (Å²) in [6.45, 7) is 5.67. The predicted molar refractivity (Wildman–Crippen MR) is 128 cm³/mol. The van der Waals surface area contributed by atoms with Crippen LogP contribution < -0.4 is 15.8 Å². The molecule has 1 aromatic carbocycles. The summed E-state index contributed by atoms with van der Waals surface area (Å²) in [7, 11) is 1.64. The fraction of sp³-hybridized carbons (Fsp3) is 0.375. The van der Waals surface area contributed by atoms with E-state index in [1.54, 1.807) is 20.1 Å². The van der Waals surface area contributed by atoms with Crippen molar-refractivity contribution in [2.45, 2.75) is 39.7 Å². The van der Waals surface area contributed by atoms with Gasteiger partial charge in [0.25, 0.3) is 0 Å². The highest BCUT2D eigenvalue weighted by Crippen LogP contribution is 2.27. The number of benzene rings is 1. The number of ether oxygens (including phenoxy) is 2. The van der Waals surface area contributed by atoms with Gasteiger partial charge in [0, 0.05) is 24.4 Å². The van der Waals surface area contributed by atoms with Gasteiger partial charge < -0.3 is 25.1 Å². The highest BCUT2D eigenvalue weighted by atomic mass is 16.5. The molecular weight excluding hydrogens is 406 g/mol. The summed E-state index contributed by atoms with van der Waals surface area (Å²) in [4.78, 5) is 20.5. The second-order valence-corrected chi connectivity index (χ2v) is 7.40. The molecule has 0 spiro atoms. The second-order valence-electron chi connectivity index (χ2n) is 7.40. The molecule has 0 bridgehead atoms. The largest absolute Gasteiger partial charge is 0.496 e. The van der Waals surface area contributed by atoms with Crippen LogP contribution in [0.4, 0.5) is 11.8 Å². The van der Waals surface area contributed by atoms with Crippen LogP contribution in [0.15, 0.2) is 36.5 Å². The molecule has 8 heteroatoms. The van der Waals surface area contributed by atoms with Gasteiger partial charge in [-0.2, -0.15) is 4.98 Å². The third-order valence-electron chi connectivity index (χ3n) is 5.04. The van der Waals surface area contributed by atoms with Crippen molar-refractivity contribution in [1.82, 2.24) is 14.5 Å². The van der Waals surface area contributed by atoms with Crippen molar-refractivity contribution in [3.05, 3.63) is 47.7 Å². The molecule has 32 heavy (non-hydrogen) atoms. The lowest BCUT2D eigenvalue weighted by Gasteiger charge is -2.14. The normalized spacial score (nSPS) is 11.2. The molecule has 0 radical (unpaired) electrons. The average Bonchev–Trinajstić information content (AvgIpc) is 3.18. The van der Waals surface area contributed by atoms with E-state index in [0.29, 0.717) is 13.2 Å². The summed E-state index contributed by atoms with van der Waals surface area (Å²) in [6, 6.07) is 7.72. The topological polar surface area (TPSA) is 104 Å². The quantitative estimate of drug-likeness (QED) is 0.262. The molecule has 0 aliphatic rings. The number of unbranched alkanes of at least 4 members (excludes halogenated alkanes) is 2. The molecule has 0 fully saturated rings. The number of nitrogens with one attached hydrogen (secondary N) is 1. The van der Waals surface area contributed by atoms with Crippen molar-refractivity contribution < 1.29 is 14.3 Å². The van der Waals surface area contributed by atoms with E-state index < -0.39 is 0 Å². The Balaban J connectivity index is 1.91. The summed E-state index contributed by atoms with van der Waals surface area (Å²) < 4.78 is 12.6. The molecule has 3 N–H and O–H groups in total. The van der Waals surface area contributed by atoms with Crippen molar-refractivity contribution >= 4 is 34.8 Å². The van der Waals surface area contributed by atoms with E-state index in [-0.39, 0.29) is 11.9 Å². The van der Waals surface area contributed by atoms with Crippen molar-refractivity contribution in [1.29, 1.82) is 0 Å². The number of rotatable bonds is 11. The van der Waals surface area contributed by atoms with E-state index >= 15 is 0 Å². The van der Waals surface area contributed by atoms with Gasteiger partial charge in [-0.3, -0.25) is 0 Å². The van der Waals surface area contributed by atoms with Gasteiger partial charge in [-0.1, -0.05) is 25.8 Å². The van der Waals surface area contributed by atoms with Crippen LogP contribution in [0.2, 0.25) is 0 Å². The lowest BCUT2D eigenvalue weighted by Crippen LogP contribution is -2.09. The first kappa shape index (κ1) is 23.1. The standard InChI is InChI=1S/C24H31N5O3/c1-4-6-7-13-26-23-22-19(27-24(25)28-23)12-14-29(22)16-18-15-17(8-10-20(18)31-3)9-11-21(30)32-5-2/h8-12,14-15H,4-7,13,16H2,1-3H3,(H3,25,26,27,28). The Hall–Kier alpha value is -3.55. The first-order chi connectivity index (χ1) is 15.5. The number of nitrogens with zero attached hydrogens (tertiary/aromatic N) is 3. The van der Waals surface area contributed by atoms with Gasteiger partial charge in [0.1, 0.15) is 11.3 Å². The van der Waals surface area contributed by atoms with Crippen molar-refractivity contribution in [2.75, 3.05) is 31.3 Å². The fourth-order valence-electron chi connectivity index (χ4n) is 3.53. The molecule has 0 aliphatic heterocycles. The summed E-state index contributed by atoms with van der Waals surface area (Å²) in [5.74, 6) is 1.37. The highest BCUT2D eigenvalue weighted by molar-refractivity contribution is 5.88. The maximum Gasteiger partial charge on any atom is 0.330 e. The number of esters is 1. The molecule has 2 heterocycles. The van der Waals surface area contributed by atoms with E-state index in [2.05, 4.69) is 26.8 Å². The number of hydrogen-bond acceptors (Lipinski definition) is 7. The third-order valence-corrected chi connectivity index (χ3v) is 5.04. The zero-order valence-electron chi connectivity index (χ0n) is 18.9. The number of carbonyl (C=O) groups excluding carboxylic acids is 1. The van der Waals surface area contributed by atoms with Crippen LogP contribution >= 0.6 is 0 Å². The maximum absolute atomic E-state index is 11.7. The molecule has 2 aromatic heterocycles. The number of aromatic nitrogens is 3. The Labute approximate surface area is 188 Å². The van der Waals surface area contributed by atoms with Crippen LogP contribution in [0.25, 0.3) is 17.1 Å². The third kappa shape index (κ3) is 5.78. The Morgan fingerprint density at radius 1 is 1.22 bits per heavy atom. The van der Waals surface area contributed by atoms with E-state index in [1.807, 2.05) is 30.5 Å². The second kappa shape index (κ2) is 11.2. The number of anilines is 2. The summed E-state index contributed by atoms with van der Waals surface area (Å²) >= 11 is 0. The lowest BCUT2D eigenvalue weighted by molar-refractivity contribution is -0.137. The smallest absolute Gasteiger partial charge is 0.330 e. The molecule has 3 rings (SSSR count). The Morgan fingerprint density at radius 2 is 2.06 bits per heavy atom. The minimum absolute atomic E-state index is 0.247. The van der Waals surface area contributed by atoms with Gasteiger partial charge in [0.15, 0.2) is 5.82 Å². The van der Waals surface area contributed by atoms with Crippen LogP contribution in [0, 0.1) is 0 Å². The van der Waals surface area contributed by atoms with Gasteiger partial charge in [0.2, 0.25) is 5.95 Å². The average molecular weight is 438 g/mol. The number of nitrogens with two attached hydrogens (primary N) is 1. The van der Waals surface area contributed by atoms with Crippen molar-refractivity contribution in [3.63, 3.8) is 0 Å². The van der Waals surface area contributed by atoms with Crippen LogP contribution in [0.5, 0.6) is 5.75 Å². The zero-order chi connectivity index (χ0) is 22.9. The molecule has 0 unspecified atom stereocenters. The monoisotopic (exact) mass is 437 g/mol. The van der Waals surface area contributed by atoms with Gasteiger partial charge in [-0.25, -0.2) is 9.78 Å². The van der Waals surface area contributed by atoms with E-state index in [4.69, 9.17) is 15.2 Å². The van der Waals surface area contributed by atoms with Crippen LogP contribution in [-0.2, 0) is 16.1 Å². The van der Waals surface area contributed by atoms with Crippen LogP contribution in [-0.4, -0.2) is 40.8 Å². The lowest BCUT2D eigenvalue weighted by atomic mass is 10.1. The number of nitrogen functional groups attached to an aromatic ring is 1. The predicted octanol–water partition coefficient (Wildman–Crippen LogP) is 4.25. The van der Waals surface area contributed by atoms with Crippen molar-refractivity contribution in [3.8, 4) is 5.75 Å². The molecule has 0 atom stereocenters. The van der Waals surface area contributed by atoms with E-state index in [0.717, 1.165) is 59.5 Å². The first-order valence-electron chi connectivity index (χ1n) is 10.9. The van der Waals surface area contributed by atoms with Gasteiger partial charge in [-0.15, -0.1) is 0 Å². The Kier molecular flexibility index (Phi) is 8.08. The van der Waals surface area contributed by atoms with E-state index in [1.165, 1.54) is 6.08 Å². The number of methoxy groups -OCH3 is 1. The minimum Gasteiger partial charge on any atom is -0.496 e. The molecule has 0 saturated heterocycles. The Morgan fingerprint density at radius 3 is 2.81 bits per heavy atom. The molecule has 0 amide bonds. The zero-order valence-corrected chi connectivity index (χ0v) is 18.9. The van der Waals surface area contributed by atoms with Crippen molar-refractivity contribution in [2.24, 2.45) is 0 Å². The van der Waals surface area contributed by atoms with Gasteiger partial charge in [-0.05, 0) is 43.2 Å². The minimum atomic E-state index is -0.366. The summed E-state index contributed by atoms with van der Waals surface area (Å²) in [6.07, 6.45) is 8.50. The fourth-order valence-corrected chi connectivity index (χ4v) is 3.53. The number of carbonyl (C=O) groups is 1. The molecule has 0 aliphatic carbocycles. The molecule has 170 valence electrons. The Bertz CT molecular complexity index is 1090. The van der Waals surface area contributed by atoms with Gasteiger partial charge in [0.05, 0.1) is 25.8 Å². The SMILES string of the molecule is CCCCCNc1nc(N)nc2ccn(Cc3cc(C=CC(=O)OCC)ccc3OC)c12. The molecule has 0 saturated carbocycles. The molecular formula is C24H31N5O3. The first-order valence-corrected chi connectivity index (χ1v) is 10.9. The summed E-state index contributed by atoms with van der Waals surface area (Å²) in [5, 5.41) is 3.41. The van der Waals surface area contributed by atoms with Gasteiger partial charge >= 0.3 is 5.97 Å². The molecule has 8 nitrogen and oxygen atoms in total. The van der Waals surface area contributed by atoms with Crippen LogP contribution in [0.1, 0.15) is 44.2 Å². The van der Waals surface area contributed by atoms with E-state index in [9.17, 15) is 4.79 Å². The highest BCUT2D eigenvalue weighted by Gasteiger charge is 2.13. The maximum atomic E-state index is 11.7.